The molecule has 2 aromatic rings. The molecule has 2 aromatic carbocycles. The number of hydrogen-bond donors (Lipinski definition) is 3. The number of phenolic OH excluding ortho intramolecular Hbond substituents is 2. The first-order chi connectivity index (χ1) is 14.6. The third-order valence-corrected chi connectivity index (χ3v) is 4.46. The molecule has 10 nitrogen and oxygen atoms in total. The van der Waals surface area contributed by atoms with Crippen LogP contribution in [0, 0.1) is 10.1 Å². The first kappa shape index (κ1) is 23.5. The van der Waals surface area contributed by atoms with Gasteiger partial charge in [-0.3, -0.25) is 4.79 Å². The van der Waals surface area contributed by atoms with E-state index in [0.717, 1.165) is 0 Å². The highest BCUT2D eigenvalue weighted by Crippen LogP contribution is 2.27. The number of carbonyl (C=O) groups is 2. The summed E-state index contributed by atoms with van der Waals surface area (Å²) in [5.74, 6) is -1.70. The lowest BCUT2D eigenvalue weighted by atomic mass is 9.92. The number of benzene rings is 2. The molecule has 0 aliphatic carbocycles. The lowest BCUT2D eigenvalue weighted by Gasteiger charge is -2.29. The zero-order valence-corrected chi connectivity index (χ0v) is 17.2. The van der Waals surface area contributed by atoms with Crippen LogP contribution in [0.2, 0.25) is 0 Å². The van der Waals surface area contributed by atoms with Gasteiger partial charge in [-0.25, -0.2) is 4.79 Å². The number of nitrogens with zero attached hydrogens (tertiary/aromatic N) is 1. The summed E-state index contributed by atoms with van der Waals surface area (Å²) in [6.07, 6.45) is -0.00518. The summed E-state index contributed by atoms with van der Waals surface area (Å²) in [6, 6.07) is 10.6. The van der Waals surface area contributed by atoms with E-state index in [9.17, 15) is 29.9 Å². The maximum absolute atomic E-state index is 12.6. The summed E-state index contributed by atoms with van der Waals surface area (Å²) in [4.78, 5) is 39.7. The summed E-state index contributed by atoms with van der Waals surface area (Å²) in [6.45, 7) is 3.10. The van der Waals surface area contributed by atoms with Crippen molar-refractivity contribution in [3.63, 3.8) is 0 Å². The molecular formula is C21H24N2O8. The van der Waals surface area contributed by atoms with Crippen LogP contribution < -0.4 is 5.32 Å². The van der Waals surface area contributed by atoms with Crippen LogP contribution in [0.1, 0.15) is 30.5 Å². The van der Waals surface area contributed by atoms with Crippen molar-refractivity contribution in [1.29, 1.82) is 0 Å². The van der Waals surface area contributed by atoms with E-state index in [4.69, 9.17) is 4.74 Å². The maximum atomic E-state index is 12.6. The summed E-state index contributed by atoms with van der Waals surface area (Å²) in [5.41, 5.74) is 0.317. The number of carbonyl (C=O) groups excluding carboxylic acids is 2. The first-order valence-electron chi connectivity index (χ1n) is 9.47. The predicted molar refractivity (Wildman–Crippen MR) is 109 cm³/mol. The predicted octanol–water partition coefficient (Wildman–Crippen LogP) is 2.03. The number of esters is 1. The van der Waals surface area contributed by atoms with E-state index in [1.165, 1.54) is 25.1 Å². The molecule has 10 heteroatoms. The maximum Gasteiger partial charge on any atom is 0.331 e. The van der Waals surface area contributed by atoms with Gasteiger partial charge in [0.25, 0.3) is 5.09 Å². The van der Waals surface area contributed by atoms with Gasteiger partial charge in [-0.15, -0.1) is 10.1 Å². The monoisotopic (exact) mass is 432 g/mol. The molecule has 0 spiro atoms. The molecule has 31 heavy (non-hydrogen) atoms. The minimum atomic E-state index is -1.41. The fourth-order valence-corrected chi connectivity index (χ4v) is 2.96. The molecule has 0 aliphatic heterocycles. The third kappa shape index (κ3) is 6.88. The lowest BCUT2D eigenvalue weighted by Crippen LogP contribution is -2.55. The van der Waals surface area contributed by atoms with Gasteiger partial charge >= 0.3 is 5.97 Å². The topological polar surface area (TPSA) is 148 Å². The number of phenols is 2. The average Bonchev–Trinajstić information content (AvgIpc) is 2.70. The quantitative estimate of drug-likeness (QED) is 0.223. The summed E-state index contributed by atoms with van der Waals surface area (Å²) in [5, 5.41) is 31.2. The number of ether oxygens (including phenoxy) is 1. The molecule has 0 aliphatic rings. The van der Waals surface area contributed by atoms with Gasteiger partial charge < -0.3 is 25.1 Å². The minimum absolute atomic E-state index is 0.0303. The molecule has 1 amide bonds. The number of nitrogens with one attached hydrogen (secondary N) is 1. The molecule has 1 unspecified atom stereocenters. The van der Waals surface area contributed by atoms with Crippen LogP contribution in [0.4, 0.5) is 0 Å². The fourth-order valence-electron chi connectivity index (χ4n) is 2.96. The Morgan fingerprint density at radius 3 is 2.26 bits per heavy atom. The van der Waals surface area contributed by atoms with Crippen molar-refractivity contribution in [3.05, 3.63) is 69.3 Å². The molecular weight excluding hydrogens is 408 g/mol. The smallest absolute Gasteiger partial charge is 0.331 e. The molecule has 166 valence electrons. The lowest BCUT2D eigenvalue weighted by molar-refractivity contribution is -0.763. The summed E-state index contributed by atoms with van der Waals surface area (Å²) >= 11 is 0. The Balaban J connectivity index is 2.10. The van der Waals surface area contributed by atoms with Crippen LogP contribution in [0.3, 0.4) is 0 Å². The largest absolute Gasteiger partial charge is 0.504 e. The third-order valence-electron chi connectivity index (χ3n) is 4.46. The molecule has 0 fully saturated rings. The van der Waals surface area contributed by atoms with E-state index >= 15 is 0 Å². The van der Waals surface area contributed by atoms with Crippen LogP contribution in [-0.4, -0.2) is 39.3 Å². The highest BCUT2D eigenvalue weighted by atomic mass is 16.9. The van der Waals surface area contributed by atoms with Gasteiger partial charge in [0.2, 0.25) is 5.91 Å². The summed E-state index contributed by atoms with van der Waals surface area (Å²) < 4.78 is 5.11. The Morgan fingerprint density at radius 1 is 1.06 bits per heavy atom. The van der Waals surface area contributed by atoms with Gasteiger partial charge in [0.05, 0.1) is 13.0 Å². The second kappa shape index (κ2) is 10.3. The number of amides is 1. The Kier molecular flexibility index (Phi) is 7.78. The molecule has 3 N–H and O–H groups in total. The molecule has 0 saturated heterocycles. The Labute approximate surface area is 178 Å². The van der Waals surface area contributed by atoms with Gasteiger partial charge in [-0.2, -0.15) is 0 Å². The van der Waals surface area contributed by atoms with E-state index in [2.05, 4.69) is 10.2 Å². The fraction of sp³-hybridized carbons (Fsp3) is 0.333. The van der Waals surface area contributed by atoms with Crippen LogP contribution in [0.5, 0.6) is 11.5 Å². The molecule has 0 aromatic heterocycles. The zero-order valence-electron chi connectivity index (χ0n) is 17.2. The van der Waals surface area contributed by atoms with Gasteiger partial charge in [0, 0.05) is 6.42 Å². The van der Waals surface area contributed by atoms with Gasteiger partial charge in [0.15, 0.2) is 11.5 Å². The molecule has 1 atom stereocenters. The Bertz CT molecular complexity index is 945. The van der Waals surface area contributed by atoms with Gasteiger partial charge in [-0.05, 0) is 42.7 Å². The summed E-state index contributed by atoms with van der Waals surface area (Å²) in [7, 11) is 0. The highest BCUT2D eigenvalue weighted by molar-refractivity contribution is 5.89. The molecule has 2 rings (SSSR count). The number of rotatable bonds is 10. The van der Waals surface area contributed by atoms with Crippen LogP contribution in [0.15, 0.2) is 42.5 Å². The van der Waals surface area contributed by atoms with Crippen LogP contribution >= 0.6 is 0 Å². The van der Waals surface area contributed by atoms with E-state index in [-0.39, 0.29) is 37.6 Å². The Hall–Kier alpha value is -3.82. The average molecular weight is 432 g/mol. The van der Waals surface area contributed by atoms with Gasteiger partial charge in [-0.1, -0.05) is 30.3 Å². The number of aromatic hydroxyl groups is 2. The van der Waals surface area contributed by atoms with Crippen molar-refractivity contribution >= 4 is 11.9 Å². The second-order valence-corrected chi connectivity index (χ2v) is 7.09. The van der Waals surface area contributed by atoms with E-state index in [1.807, 2.05) is 0 Å². The standard InChI is InChI=1S/C21H24N2O8/c1-3-30-20(27)21(2,12-16-8-9-17(24)18(25)10-16)22-19(26)11-14-4-6-15(7-5-14)13-31-23(28)29/h4-10,24-25H,3,11-13H2,1-2H3,(H,22,26). The minimum Gasteiger partial charge on any atom is -0.504 e. The van der Waals surface area contributed by atoms with E-state index < -0.39 is 22.5 Å². The highest BCUT2D eigenvalue weighted by Gasteiger charge is 2.36. The van der Waals surface area contributed by atoms with Crippen molar-refractivity contribution in [2.45, 2.75) is 38.8 Å². The Morgan fingerprint density at radius 2 is 1.68 bits per heavy atom. The van der Waals surface area contributed by atoms with Crippen LogP contribution in [-0.2, 0) is 38.6 Å². The van der Waals surface area contributed by atoms with Crippen molar-refractivity contribution in [2.75, 3.05) is 6.61 Å². The number of hydrogen-bond acceptors (Lipinski definition) is 8. The van der Waals surface area contributed by atoms with Crippen molar-refractivity contribution in [3.8, 4) is 11.5 Å². The van der Waals surface area contributed by atoms with Crippen LogP contribution in [0.25, 0.3) is 0 Å². The molecule has 0 heterocycles. The first-order valence-corrected chi connectivity index (χ1v) is 9.47. The van der Waals surface area contributed by atoms with E-state index in [0.29, 0.717) is 16.7 Å². The molecule has 0 saturated carbocycles. The molecule has 0 bridgehead atoms. The van der Waals surface area contributed by atoms with E-state index in [1.54, 1.807) is 31.2 Å². The SMILES string of the molecule is CCOC(=O)C(C)(Cc1ccc(O)c(O)c1)NC(=O)Cc1ccc(CO[N+](=O)[O-])cc1. The molecule has 0 radical (unpaired) electrons. The van der Waals surface area contributed by atoms with Gasteiger partial charge in [0.1, 0.15) is 12.1 Å². The normalized spacial score (nSPS) is 12.5. The van der Waals surface area contributed by atoms with Crippen molar-refractivity contribution < 1.29 is 34.5 Å². The second-order valence-electron chi connectivity index (χ2n) is 7.09. The van der Waals surface area contributed by atoms with Crippen molar-refractivity contribution in [1.82, 2.24) is 5.32 Å². The zero-order chi connectivity index (χ0) is 23.0. The van der Waals surface area contributed by atoms with Crippen molar-refractivity contribution in [2.24, 2.45) is 0 Å².